The first-order valence-electron chi connectivity index (χ1n) is 5.57. The molecule has 0 aliphatic heterocycles. The number of amides is 1. The summed E-state index contributed by atoms with van der Waals surface area (Å²) in [6, 6.07) is 6.37. The molecule has 0 saturated carbocycles. The van der Waals surface area contributed by atoms with E-state index in [-0.39, 0.29) is 28.9 Å². The molecule has 1 atom stereocenters. The van der Waals surface area contributed by atoms with Crippen molar-refractivity contribution in [3.05, 3.63) is 39.9 Å². The SMILES string of the molecule is CC(C)C(Br)C(=O)NCc1ccccc1[N+](=O)[O-]. The number of rotatable bonds is 5. The Kier molecular flexibility index (Phi) is 5.27. The van der Waals surface area contributed by atoms with Crippen LogP contribution in [0.2, 0.25) is 0 Å². The van der Waals surface area contributed by atoms with Crippen molar-refractivity contribution in [3.8, 4) is 0 Å². The van der Waals surface area contributed by atoms with Gasteiger partial charge in [0.1, 0.15) is 0 Å². The third-order valence-corrected chi connectivity index (χ3v) is 3.95. The lowest BCUT2D eigenvalue weighted by Gasteiger charge is -2.13. The maximum absolute atomic E-state index is 11.7. The van der Waals surface area contributed by atoms with Gasteiger partial charge in [-0.05, 0) is 5.92 Å². The molecule has 6 heteroatoms. The summed E-state index contributed by atoms with van der Waals surface area (Å²) in [5.41, 5.74) is 0.521. The Labute approximate surface area is 114 Å². The van der Waals surface area contributed by atoms with E-state index in [9.17, 15) is 14.9 Å². The molecule has 0 aliphatic carbocycles. The Hall–Kier alpha value is -1.43. The van der Waals surface area contributed by atoms with E-state index in [4.69, 9.17) is 0 Å². The third kappa shape index (κ3) is 3.80. The molecule has 1 amide bonds. The normalized spacial score (nSPS) is 12.2. The van der Waals surface area contributed by atoms with E-state index in [1.165, 1.54) is 6.07 Å². The molecule has 18 heavy (non-hydrogen) atoms. The fourth-order valence-electron chi connectivity index (χ4n) is 1.42. The van der Waals surface area contributed by atoms with Crippen molar-refractivity contribution < 1.29 is 9.72 Å². The van der Waals surface area contributed by atoms with Crippen LogP contribution in [-0.2, 0) is 11.3 Å². The van der Waals surface area contributed by atoms with Crippen LogP contribution < -0.4 is 5.32 Å². The average Bonchev–Trinajstić information content (AvgIpc) is 2.35. The van der Waals surface area contributed by atoms with Crippen LogP contribution in [0.25, 0.3) is 0 Å². The second kappa shape index (κ2) is 6.49. The van der Waals surface area contributed by atoms with E-state index in [2.05, 4.69) is 21.2 Å². The molecule has 0 radical (unpaired) electrons. The summed E-state index contributed by atoms with van der Waals surface area (Å²) in [7, 11) is 0. The average molecular weight is 315 g/mol. The molecule has 1 rings (SSSR count). The first-order chi connectivity index (χ1) is 8.43. The molecule has 1 N–H and O–H groups in total. The van der Waals surface area contributed by atoms with Gasteiger partial charge in [0.2, 0.25) is 5.91 Å². The minimum Gasteiger partial charge on any atom is -0.351 e. The molecule has 5 nitrogen and oxygen atoms in total. The Morgan fingerprint density at radius 2 is 2.06 bits per heavy atom. The minimum atomic E-state index is -0.449. The van der Waals surface area contributed by atoms with E-state index in [1.54, 1.807) is 18.2 Å². The summed E-state index contributed by atoms with van der Waals surface area (Å²) in [5.74, 6) is -0.00101. The van der Waals surface area contributed by atoms with Crippen LogP contribution in [0.5, 0.6) is 0 Å². The summed E-state index contributed by atoms with van der Waals surface area (Å²) in [4.78, 5) is 21.8. The van der Waals surface area contributed by atoms with E-state index in [1.807, 2.05) is 13.8 Å². The Bertz CT molecular complexity index is 449. The Morgan fingerprint density at radius 1 is 1.44 bits per heavy atom. The van der Waals surface area contributed by atoms with Crippen LogP contribution in [-0.4, -0.2) is 15.7 Å². The van der Waals surface area contributed by atoms with Crippen molar-refractivity contribution in [2.75, 3.05) is 0 Å². The number of para-hydroxylation sites is 1. The first kappa shape index (κ1) is 14.6. The van der Waals surface area contributed by atoms with E-state index < -0.39 is 4.92 Å². The van der Waals surface area contributed by atoms with Gasteiger partial charge >= 0.3 is 0 Å². The smallest absolute Gasteiger partial charge is 0.274 e. The van der Waals surface area contributed by atoms with Crippen molar-refractivity contribution in [2.45, 2.75) is 25.2 Å². The van der Waals surface area contributed by atoms with Gasteiger partial charge in [0.25, 0.3) is 5.69 Å². The highest BCUT2D eigenvalue weighted by atomic mass is 79.9. The second-order valence-electron chi connectivity index (χ2n) is 4.25. The van der Waals surface area contributed by atoms with Gasteiger partial charge in [-0.2, -0.15) is 0 Å². The molecule has 0 saturated heterocycles. The highest BCUT2D eigenvalue weighted by molar-refractivity contribution is 9.10. The molecule has 1 aromatic rings. The van der Waals surface area contributed by atoms with Crippen molar-refractivity contribution in [1.29, 1.82) is 0 Å². The highest BCUT2D eigenvalue weighted by Crippen LogP contribution is 2.18. The molecule has 0 spiro atoms. The van der Waals surface area contributed by atoms with Gasteiger partial charge in [-0.1, -0.05) is 48.0 Å². The fraction of sp³-hybridized carbons (Fsp3) is 0.417. The van der Waals surface area contributed by atoms with Crippen molar-refractivity contribution in [1.82, 2.24) is 5.32 Å². The molecule has 0 aromatic heterocycles. The lowest BCUT2D eigenvalue weighted by molar-refractivity contribution is -0.385. The van der Waals surface area contributed by atoms with Gasteiger partial charge in [-0.15, -0.1) is 0 Å². The van der Waals surface area contributed by atoms with Crippen molar-refractivity contribution in [3.63, 3.8) is 0 Å². The van der Waals surface area contributed by atoms with Crippen LogP contribution in [0.3, 0.4) is 0 Å². The standard InChI is InChI=1S/C12H15BrN2O3/c1-8(2)11(13)12(16)14-7-9-5-3-4-6-10(9)15(17)18/h3-6,8,11H,7H2,1-2H3,(H,14,16). The zero-order valence-corrected chi connectivity index (χ0v) is 11.8. The molecule has 0 heterocycles. The monoisotopic (exact) mass is 314 g/mol. The van der Waals surface area contributed by atoms with Crippen LogP contribution in [0, 0.1) is 16.0 Å². The van der Waals surface area contributed by atoms with Gasteiger partial charge in [0.05, 0.1) is 9.75 Å². The van der Waals surface area contributed by atoms with E-state index in [0.717, 1.165) is 0 Å². The van der Waals surface area contributed by atoms with Crippen molar-refractivity contribution >= 4 is 27.5 Å². The topological polar surface area (TPSA) is 72.2 Å². The number of carbonyl (C=O) groups excluding carboxylic acids is 1. The number of carbonyl (C=O) groups is 1. The van der Waals surface area contributed by atoms with Gasteiger partial charge < -0.3 is 5.32 Å². The number of nitro groups is 1. The third-order valence-electron chi connectivity index (χ3n) is 2.48. The van der Waals surface area contributed by atoms with Crippen LogP contribution in [0.4, 0.5) is 5.69 Å². The number of nitrogens with one attached hydrogen (secondary N) is 1. The summed E-state index contributed by atoms with van der Waals surface area (Å²) < 4.78 is 0. The van der Waals surface area contributed by atoms with Gasteiger partial charge in [0, 0.05) is 18.2 Å². The molecule has 0 bridgehead atoms. The Balaban J connectivity index is 2.70. The lowest BCUT2D eigenvalue weighted by atomic mass is 10.1. The van der Waals surface area contributed by atoms with E-state index in [0.29, 0.717) is 5.56 Å². The van der Waals surface area contributed by atoms with Gasteiger partial charge in [0.15, 0.2) is 0 Å². The molecular weight excluding hydrogens is 300 g/mol. The zero-order chi connectivity index (χ0) is 13.7. The number of nitrogens with zero attached hydrogens (tertiary/aromatic N) is 1. The molecule has 0 aliphatic rings. The van der Waals surface area contributed by atoms with Crippen LogP contribution in [0.15, 0.2) is 24.3 Å². The number of alkyl halides is 1. The number of hydrogen-bond donors (Lipinski definition) is 1. The number of benzene rings is 1. The summed E-state index contributed by atoms with van der Waals surface area (Å²) in [5, 5.41) is 13.5. The lowest BCUT2D eigenvalue weighted by Crippen LogP contribution is -2.33. The number of halogens is 1. The summed E-state index contributed by atoms with van der Waals surface area (Å²) >= 11 is 3.28. The quantitative estimate of drug-likeness (QED) is 0.516. The summed E-state index contributed by atoms with van der Waals surface area (Å²) in [6.45, 7) is 4.00. The molecule has 0 fully saturated rings. The van der Waals surface area contributed by atoms with Gasteiger partial charge in [-0.3, -0.25) is 14.9 Å². The van der Waals surface area contributed by atoms with Crippen LogP contribution in [0.1, 0.15) is 19.4 Å². The highest BCUT2D eigenvalue weighted by Gasteiger charge is 2.19. The first-order valence-corrected chi connectivity index (χ1v) is 6.49. The fourth-order valence-corrected chi connectivity index (χ4v) is 1.58. The predicted molar refractivity (Wildman–Crippen MR) is 72.5 cm³/mol. The number of hydrogen-bond acceptors (Lipinski definition) is 3. The number of nitro benzene ring substituents is 1. The molecule has 1 unspecified atom stereocenters. The Morgan fingerprint density at radius 3 is 2.61 bits per heavy atom. The maximum Gasteiger partial charge on any atom is 0.274 e. The van der Waals surface area contributed by atoms with Gasteiger partial charge in [-0.25, -0.2) is 0 Å². The molecule has 1 aromatic carbocycles. The molecular formula is C12H15BrN2O3. The van der Waals surface area contributed by atoms with Crippen LogP contribution >= 0.6 is 15.9 Å². The zero-order valence-electron chi connectivity index (χ0n) is 10.2. The predicted octanol–water partition coefficient (Wildman–Crippen LogP) is 2.63. The minimum absolute atomic E-state index is 0.0217. The molecule has 98 valence electrons. The largest absolute Gasteiger partial charge is 0.351 e. The van der Waals surface area contributed by atoms with E-state index >= 15 is 0 Å². The maximum atomic E-state index is 11.7. The summed E-state index contributed by atoms with van der Waals surface area (Å²) in [6.07, 6.45) is 0. The van der Waals surface area contributed by atoms with Crippen molar-refractivity contribution in [2.24, 2.45) is 5.92 Å². The second-order valence-corrected chi connectivity index (χ2v) is 5.24.